The van der Waals surface area contributed by atoms with Gasteiger partial charge in [0.05, 0.1) is 6.04 Å². The number of likely N-dealkylation sites (tertiary alicyclic amines) is 1. The Morgan fingerprint density at radius 1 is 1.03 bits per heavy atom. The fourth-order valence-corrected chi connectivity index (χ4v) is 4.57. The van der Waals surface area contributed by atoms with E-state index in [1.165, 1.54) is 0 Å². The van der Waals surface area contributed by atoms with Crippen molar-refractivity contribution in [2.24, 2.45) is 0 Å². The third-order valence-corrected chi connectivity index (χ3v) is 5.93. The Bertz CT molecular complexity index is 1030. The molecule has 8 nitrogen and oxygen atoms in total. The van der Waals surface area contributed by atoms with Crippen molar-refractivity contribution in [2.45, 2.75) is 50.8 Å². The Hall–Kier alpha value is -3.55. The van der Waals surface area contributed by atoms with Gasteiger partial charge in [-0.3, -0.25) is 4.90 Å². The van der Waals surface area contributed by atoms with Gasteiger partial charge in [0.25, 0.3) is 0 Å². The Morgan fingerprint density at radius 3 is 2.15 bits per heavy atom. The van der Waals surface area contributed by atoms with Crippen molar-refractivity contribution in [3.8, 4) is 11.1 Å². The molecule has 0 bridgehead atoms. The van der Waals surface area contributed by atoms with Crippen LogP contribution in [0.2, 0.25) is 0 Å². The van der Waals surface area contributed by atoms with E-state index in [-0.39, 0.29) is 19.1 Å². The Kier molecular flexibility index (Phi) is 6.01. The number of carbonyl (C=O) groups excluding carboxylic acids is 2. The topological polar surface area (TPSA) is 105 Å². The lowest BCUT2D eigenvalue weighted by atomic mass is 9.98. The number of rotatable bonds is 4. The zero-order valence-corrected chi connectivity index (χ0v) is 18.9. The van der Waals surface area contributed by atoms with Gasteiger partial charge in [-0.2, -0.15) is 0 Å². The molecule has 2 unspecified atom stereocenters. The van der Waals surface area contributed by atoms with E-state index in [0.717, 1.165) is 27.2 Å². The van der Waals surface area contributed by atoms with E-state index < -0.39 is 35.8 Å². The molecule has 1 saturated heterocycles. The number of carboxylic acid groups (broad SMARTS) is 1. The molecule has 0 spiro atoms. The standard InChI is InChI=1S/C25H28N2O6/c1-25(2,3)33-24(31)27-13-12-20(21(27)22(28)29)26-23(30)32-14-19-17-10-6-4-8-15(17)16-9-5-7-11-18(16)19/h4-11,19-21H,12-14H2,1-3H3,(H,26,30)(H,28,29). The smallest absolute Gasteiger partial charge is 0.411 e. The summed E-state index contributed by atoms with van der Waals surface area (Å²) in [6.45, 7) is 5.43. The van der Waals surface area contributed by atoms with Gasteiger partial charge in [-0.15, -0.1) is 0 Å². The number of nitrogens with one attached hydrogen (secondary N) is 1. The summed E-state index contributed by atoms with van der Waals surface area (Å²) in [4.78, 5) is 38.0. The zero-order valence-electron chi connectivity index (χ0n) is 18.9. The summed E-state index contributed by atoms with van der Waals surface area (Å²) in [7, 11) is 0. The molecule has 1 heterocycles. The largest absolute Gasteiger partial charge is 0.480 e. The lowest BCUT2D eigenvalue weighted by Gasteiger charge is -2.28. The molecule has 2 aromatic carbocycles. The summed E-state index contributed by atoms with van der Waals surface area (Å²) in [6, 6.07) is 14.0. The van der Waals surface area contributed by atoms with Crippen molar-refractivity contribution in [3.63, 3.8) is 0 Å². The maximum absolute atomic E-state index is 12.6. The minimum Gasteiger partial charge on any atom is -0.480 e. The fourth-order valence-electron chi connectivity index (χ4n) is 4.57. The highest BCUT2D eigenvalue weighted by atomic mass is 16.6. The first-order valence-corrected chi connectivity index (χ1v) is 11.0. The van der Waals surface area contributed by atoms with Gasteiger partial charge < -0.3 is 19.9 Å². The van der Waals surface area contributed by atoms with E-state index in [0.29, 0.717) is 6.42 Å². The number of ether oxygens (including phenoxy) is 2. The van der Waals surface area contributed by atoms with Crippen LogP contribution in [0.15, 0.2) is 48.5 Å². The summed E-state index contributed by atoms with van der Waals surface area (Å²) in [5.74, 6) is -1.30. The molecule has 0 radical (unpaired) electrons. The highest BCUT2D eigenvalue weighted by Crippen LogP contribution is 2.44. The first kappa shape index (κ1) is 22.6. The minimum atomic E-state index is -1.22. The molecule has 2 atom stereocenters. The highest BCUT2D eigenvalue weighted by Gasteiger charge is 2.44. The lowest BCUT2D eigenvalue weighted by molar-refractivity contribution is -0.142. The highest BCUT2D eigenvalue weighted by molar-refractivity contribution is 5.83. The molecule has 8 heteroatoms. The van der Waals surface area contributed by atoms with Gasteiger partial charge in [-0.25, -0.2) is 14.4 Å². The van der Waals surface area contributed by atoms with Crippen LogP contribution in [0.1, 0.15) is 44.2 Å². The Labute approximate surface area is 192 Å². The van der Waals surface area contributed by atoms with Crippen LogP contribution < -0.4 is 5.32 Å². The molecule has 1 aliphatic heterocycles. The number of fused-ring (bicyclic) bond motifs is 3. The number of nitrogens with zero attached hydrogens (tertiary/aromatic N) is 1. The molecule has 1 fully saturated rings. The molecule has 0 saturated carbocycles. The monoisotopic (exact) mass is 452 g/mol. The molecule has 174 valence electrons. The molecular weight excluding hydrogens is 424 g/mol. The number of alkyl carbamates (subject to hydrolysis) is 1. The second-order valence-corrected chi connectivity index (χ2v) is 9.32. The van der Waals surface area contributed by atoms with Gasteiger partial charge in [0.15, 0.2) is 6.04 Å². The van der Waals surface area contributed by atoms with Crippen LogP contribution in [-0.2, 0) is 14.3 Å². The molecule has 33 heavy (non-hydrogen) atoms. The van der Waals surface area contributed by atoms with E-state index in [9.17, 15) is 19.5 Å². The predicted molar refractivity (Wildman–Crippen MR) is 121 cm³/mol. The summed E-state index contributed by atoms with van der Waals surface area (Å²) in [6.07, 6.45) is -1.13. The summed E-state index contributed by atoms with van der Waals surface area (Å²) in [5.41, 5.74) is 3.67. The van der Waals surface area contributed by atoms with Gasteiger partial charge in [0.1, 0.15) is 12.2 Å². The van der Waals surface area contributed by atoms with Crippen molar-refractivity contribution in [2.75, 3.05) is 13.2 Å². The first-order valence-electron chi connectivity index (χ1n) is 11.0. The molecule has 1 aliphatic carbocycles. The number of amides is 2. The molecule has 2 amide bonds. The quantitative estimate of drug-likeness (QED) is 0.727. The number of aliphatic carboxylic acids is 1. The van der Waals surface area contributed by atoms with E-state index in [4.69, 9.17) is 9.47 Å². The SMILES string of the molecule is CC(C)(C)OC(=O)N1CCC(NC(=O)OCC2c3ccccc3-c3ccccc32)C1C(=O)O. The second kappa shape index (κ2) is 8.77. The Balaban J connectivity index is 1.41. The van der Waals surface area contributed by atoms with Gasteiger partial charge in [0.2, 0.25) is 0 Å². The maximum atomic E-state index is 12.6. The van der Waals surface area contributed by atoms with E-state index in [1.54, 1.807) is 20.8 Å². The number of benzene rings is 2. The van der Waals surface area contributed by atoms with Crippen LogP contribution in [-0.4, -0.2) is 59.0 Å². The van der Waals surface area contributed by atoms with Gasteiger partial charge in [-0.1, -0.05) is 48.5 Å². The van der Waals surface area contributed by atoms with Crippen molar-refractivity contribution in [1.29, 1.82) is 0 Å². The summed E-state index contributed by atoms with van der Waals surface area (Å²) in [5, 5.41) is 12.3. The molecule has 2 aromatic rings. The van der Waals surface area contributed by atoms with E-state index in [1.807, 2.05) is 36.4 Å². The molecule has 0 aromatic heterocycles. The first-order chi connectivity index (χ1) is 15.7. The maximum Gasteiger partial charge on any atom is 0.411 e. The Morgan fingerprint density at radius 2 is 1.61 bits per heavy atom. The number of hydrogen-bond acceptors (Lipinski definition) is 5. The van der Waals surface area contributed by atoms with Crippen molar-refractivity contribution >= 4 is 18.2 Å². The van der Waals surface area contributed by atoms with Crippen molar-refractivity contribution in [3.05, 3.63) is 59.7 Å². The summed E-state index contributed by atoms with van der Waals surface area (Å²) < 4.78 is 10.8. The van der Waals surface area contributed by atoms with Crippen molar-refractivity contribution in [1.82, 2.24) is 10.2 Å². The lowest BCUT2D eigenvalue weighted by Crippen LogP contribution is -2.52. The van der Waals surface area contributed by atoms with Crippen LogP contribution in [0, 0.1) is 0 Å². The second-order valence-electron chi connectivity index (χ2n) is 9.32. The summed E-state index contributed by atoms with van der Waals surface area (Å²) >= 11 is 0. The van der Waals surface area contributed by atoms with E-state index in [2.05, 4.69) is 17.4 Å². The predicted octanol–water partition coefficient (Wildman–Crippen LogP) is 3.99. The zero-order chi connectivity index (χ0) is 23.8. The van der Waals surface area contributed by atoms with Crippen LogP contribution in [0.3, 0.4) is 0 Å². The fraction of sp³-hybridized carbons (Fsp3) is 0.400. The van der Waals surface area contributed by atoms with Crippen LogP contribution >= 0.6 is 0 Å². The average Bonchev–Trinajstić information content (AvgIpc) is 3.30. The third kappa shape index (κ3) is 4.65. The van der Waals surface area contributed by atoms with Gasteiger partial charge >= 0.3 is 18.2 Å². The molecule has 2 N–H and O–H groups in total. The van der Waals surface area contributed by atoms with E-state index >= 15 is 0 Å². The van der Waals surface area contributed by atoms with Gasteiger partial charge in [-0.05, 0) is 49.4 Å². The minimum absolute atomic E-state index is 0.0970. The number of hydrogen-bond donors (Lipinski definition) is 2. The third-order valence-electron chi connectivity index (χ3n) is 5.93. The normalized spacial score (nSPS) is 19.5. The van der Waals surface area contributed by atoms with Crippen LogP contribution in [0.25, 0.3) is 11.1 Å². The number of carbonyl (C=O) groups is 3. The molecule has 4 rings (SSSR count). The molecular formula is C25H28N2O6. The molecule has 2 aliphatic rings. The van der Waals surface area contributed by atoms with Crippen LogP contribution in [0.5, 0.6) is 0 Å². The van der Waals surface area contributed by atoms with Crippen LogP contribution in [0.4, 0.5) is 9.59 Å². The average molecular weight is 453 g/mol. The van der Waals surface area contributed by atoms with Crippen molar-refractivity contribution < 1.29 is 29.0 Å². The number of carboxylic acids is 1. The van der Waals surface area contributed by atoms with Gasteiger partial charge in [0, 0.05) is 12.5 Å².